The molecule has 32 heavy (non-hydrogen) atoms. The maximum absolute atomic E-state index is 13.1. The molecule has 0 saturated carbocycles. The summed E-state index contributed by atoms with van der Waals surface area (Å²) in [5.74, 6) is -0.138. The van der Waals surface area contributed by atoms with Crippen molar-refractivity contribution in [3.05, 3.63) is 36.5 Å². The van der Waals surface area contributed by atoms with Crippen LogP contribution in [0.25, 0.3) is 10.9 Å². The number of aromatic nitrogens is 5. The first-order valence-corrected chi connectivity index (χ1v) is 9.52. The number of hydrogen-bond acceptors (Lipinski definition) is 7. The predicted molar refractivity (Wildman–Crippen MR) is 110 cm³/mol. The van der Waals surface area contributed by atoms with Gasteiger partial charge in [-0.3, -0.25) is 19.4 Å². The lowest BCUT2D eigenvalue weighted by molar-refractivity contribution is -0.141. The summed E-state index contributed by atoms with van der Waals surface area (Å²) in [6, 6.07) is 1.26. The number of ether oxygens (including phenoxy) is 1. The molecule has 3 aromatic heterocycles. The van der Waals surface area contributed by atoms with Crippen LogP contribution in [0.3, 0.4) is 0 Å². The van der Waals surface area contributed by atoms with Gasteiger partial charge in [-0.05, 0) is 6.07 Å². The van der Waals surface area contributed by atoms with E-state index < -0.39 is 23.8 Å². The van der Waals surface area contributed by atoms with E-state index in [9.17, 15) is 18.0 Å². The Balaban J connectivity index is 1.71. The van der Waals surface area contributed by atoms with E-state index in [0.717, 1.165) is 4.68 Å². The van der Waals surface area contributed by atoms with Crippen molar-refractivity contribution in [1.82, 2.24) is 29.6 Å². The maximum atomic E-state index is 13.1. The van der Waals surface area contributed by atoms with Gasteiger partial charge in [-0.1, -0.05) is 5.21 Å². The fourth-order valence-corrected chi connectivity index (χ4v) is 3.31. The number of carbonyl (C=O) groups excluding carboxylic acids is 1. The highest BCUT2D eigenvalue weighted by Crippen LogP contribution is 2.29. The Kier molecular flexibility index (Phi) is 5.80. The highest BCUT2D eigenvalue weighted by molar-refractivity contribution is 6.40. The molecule has 0 aromatic carbocycles. The first-order chi connectivity index (χ1) is 15.1. The van der Waals surface area contributed by atoms with Gasteiger partial charge < -0.3 is 15.0 Å². The molecule has 0 unspecified atom stereocenters. The quantitative estimate of drug-likeness (QED) is 0.613. The molecule has 3 aromatic rings. The molecular weight excluding hydrogens is 425 g/mol. The number of halogens is 3. The Bertz CT molecular complexity index is 1120. The Hall–Kier alpha value is -3.15. The third-order valence-electron chi connectivity index (χ3n) is 4.64. The Labute approximate surface area is 183 Å². The zero-order chi connectivity index (χ0) is 22.9. The molecule has 4 radical (unpaired) electrons. The molecule has 0 aliphatic carbocycles. The van der Waals surface area contributed by atoms with E-state index in [1.807, 2.05) is 0 Å². The molecule has 0 atom stereocenters. The van der Waals surface area contributed by atoms with Crippen LogP contribution in [-0.2, 0) is 11.3 Å². The summed E-state index contributed by atoms with van der Waals surface area (Å²) in [5, 5.41) is 5.87. The third kappa shape index (κ3) is 5.01. The Morgan fingerprint density at radius 2 is 2.06 bits per heavy atom. The van der Waals surface area contributed by atoms with Crippen LogP contribution in [0, 0.1) is 0 Å². The molecule has 1 aliphatic rings. The van der Waals surface area contributed by atoms with Crippen LogP contribution in [0.2, 0.25) is 5.21 Å². The van der Waals surface area contributed by atoms with Gasteiger partial charge in [0.15, 0.2) is 5.82 Å². The first-order valence-electron chi connectivity index (χ1n) is 9.52. The number of carbonyl (C=O) groups is 1. The zero-order valence-electron chi connectivity index (χ0n) is 16.7. The topological polar surface area (TPSA) is 98.1 Å². The number of hydrogen-bond donors (Lipinski definition) is 1. The Morgan fingerprint density at radius 3 is 2.78 bits per heavy atom. The lowest BCUT2D eigenvalue weighted by atomic mass is 9.55. The number of pyridine rings is 1. The largest absolute Gasteiger partial charge is 0.408 e. The van der Waals surface area contributed by atoms with Crippen LogP contribution in [0.5, 0.6) is 0 Å². The van der Waals surface area contributed by atoms with E-state index in [1.54, 1.807) is 0 Å². The van der Waals surface area contributed by atoms with Crippen LogP contribution >= 0.6 is 0 Å². The van der Waals surface area contributed by atoms with E-state index in [2.05, 4.69) is 25.4 Å². The normalized spacial score (nSPS) is 16.7. The van der Waals surface area contributed by atoms with Crippen molar-refractivity contribution in [2.24, 2.45) is 0 Å². The fraction of sp³-hybridized carbons (Fsp3) is 0.389. The lowest BCUT2D eigenvalue weighted by Crippen LogP contribution is -2.39. The van der Waals surface area contributed by atoms with Crippen molar-refractivity contribution >= 4 is 44.1 Å². The molecule has 14 heteroatoms. The summed E-state index contributed by atoms with van der Waals surface area (Å²) in [5.41, 5.74) is 0.00877. The van der Waals surface area contributed by atoms with Gasteiger partial charge in [0, 0.05) is 38.3 Å². The smallest absolute Gasteiger partial charge is 0.380 e. The van der Waals surface area contributed by atoms with Crippen molar-refractivity contribution < 1.29 is 22.7 Å². The Morgan fingerprint density at radius 1 is 1.25 bits per heavy atom. The van der Waals surface area contributed by atoms with Crippen LogP contribution in [0.1, 0.15) is 10.5 Å². The molecule has 9 nitrogen and oxygen atoms in total. The SMILES string of the molecule is [B]C1([B])COCCN(C(=O)c2cc3c(cn2)c(Nc2cnccn2)nn3CC(F)(F)F)C1. The van der Waals surface area contributed by atoms with Crippen molar-refractivity contribution in [1.29, 1.82) is 0 Å². The third-order valence-corrected chi connectivity index (χ3v) is 4.64. The average molecular weight is 441 g/mol. The lowest BCUT2D eigenvalue weighted by Gasteiger charge is -2.29. The van der Waals surface area contributed by atoms with E-state index in [-0.39, 0.29) is 54.5 Å². The number of rotatable bonds is 4. The second kappa shape index (κ2) is 8.41. The second-order valence-corrected chi connectivity index (χ2v) is 7.44. The molecule has 1 N–H and O–H groups in total. The number of alkyl halides is 3. The van der Waals surface area contributed by atoms with Crippen molar-refractivity contribution in [2.75, 3.05) is 31.6 Å². The van der Waals surface area contributed by atoms with Gasteiger partial charge in [0.2, 0.25) is 0 Å². The van der Waals surface area contributed by atoms with E-state index in [4.69, 9.17) is 20.4 Å². The molecule has 1 fully saturated rings. The van der Waals surface area contributed by atoms with Crippen LogP contribution in [-0.4, -0.2) is 83.7 Å². The molecule has 1 aliphatic heterocycles. The first kappa shape index (κ1) is 22.1. The summed E-state index contributed by atoms with van der Waals surface area (Å²) >= 11 is 0. The van der Waals surface area contributed by atoms with Crippen molar-refractivity contribution in [3.63, 3.8) is 0 Å². The fourth-order valence-electron chi connectivity index (χ4n) is 3.31. The summed E-state index contributed by atoms with van der Waals surface area (Å²) in [4.78, 5) is 26.4. The van der Waals surface area contributed by atoms with Gasteiger partial charge in [0.25, 0.3) is 5.91 Å². The molecule has 4 rings (SSSR count). The predicted octanol–water partition coefficient (Wildman–Crippen LogP) is 1.45. The van der Waals surface area contributed by atoms with Gasteiger partial charge in [-0.15, -0.1) is 0 Å². The number of nitrogens with one attached hydrogen (secondary N) is 1. The minimum absolute atomic E-state index is 0.00679. The van der Waals surface area contributed by atoms with Crippen LogP contribution in [0.4, 0.5) is 24.8 Å². The summed E-state index contributed by atoms with van der Waals surface area (Å²) in [7, 11) is 11.8. The monoisotopic (exact) mass is 441 g/mol. The number of nitrogens with zero attached hydrogens (tertiary/aromatic N) is 6. The molecule has 4 heterocycles. The highest BCUT2D eigenvalue weighted by atomic mass is 19.4. The minimum Gasteiger partial charge on any atom is -0.380 e. The molecular formula is C18H16B2F3N7O2. The molecule has 162 valence electrons. The number of amides is 1. The van der Waals surface area contributed by atoms with E-state index in [0.29, 0.717) is 0 Å². The van der Waals surface area contributed by atoms with Crippen LogP contribution in [0.15, 0.2) is 30.9 Å². The summed E-state index contributed by atoms with van der Waals surface area (Å²) < 4.78 is 45.5. The molecule has 0 spiro atoms. The summed E-state index contributed by atoms with van der Waals surface area (Å²) in [6.07, 6.45) is 1.03. The molecule has 1 amide bonds. The maximum Gasteiger partial charge on any atom is 0.408 e. The van der Waals surface area contributed by atoms with Crippen molar-refractivity contribution in [3.8, 4) is 0 Å². The number of fused-ring (bicyclic) bond motifs is 1. The summed E-state index contributed by atoms with van der Waals surface area (Å²) in [6.45, 7) is -0.834. The zero-order valence-corrected chi connectivity index (χ0v) is 16.7. The minimum atomic E-state index is -4.53. The van der Waals surface area contributed by atoms with Gasteiger partial charge in [0.05, 0.1) is 39.4 Å². The molecule has 1 saturated heterocycles. The van der Waals surface area contributed by atoms with Gasteiger partial charge in [-0.2, -0.15) is 18.3 Å². The molecule has 0 bridgehead atoms. The van der Waals surface area contributed by atoms with Gasteiger partial charge in [-0.25, -0.2) is 4.98 Å². The standard InChI is InChI=1S/C18H16B2F3N7O2/c19-17(20)8-29(3-4-32-10-17)16(31)12-5-13-11(6-26-12)15(27-14-7-24-1-2-25-14)28-30(13)9-18(21,22)23/h1-2,5-7H,3-4,8-10H2,(H,25,27,28). The van der Waals surface area contributed by atoms with Gasteiger partial charge in [0.1, 0.15) is 18.1 Å². The van der Waals surface area contributed by atoms with E-state index in [1.165, 1.54) is 35.8 Å². The van der Waals surface area contributed by atoms with Crippen molar-refractivity contribution in [2.45, 2.75) is 17.9 Å². The average Bonchev–Trinajstić information content (AvgIpc) is 2.92. The van der Waals surface area contributed by atoms with E-state index >= 15 is 0 Å². The second-order valence-electron chi connectivity index (χ2n) is 7.44. The highest BCUT2D eigenvalue weighted by Gasteiger charge is 2.32. The number of anilines is 2. The van der Waals surface area contributed by atoms with Gasteiger partial charge >= 0.3 is 6.18 Å². The van der Waals surface area contributed by atoms with Crippen LogP contribution < -0.4 is 5.32 Å².